The van der Waals surface area contributed by atoms with E-state index < -0.39 is 6.10 Å². The molecule has 0 aliphatic carbocycles. The van der Waals surface area contributed by atoms with Crippen LogP contribution in [0.2, 0.25) is 0 Å². The van der Waals surface area contributed by atoms with E-state index in [2.05, 4.69) is 47.8 Å². The Morgan fingerprint density at radius 2 is 1.73 bits per heavy atom. The second kappa shape index (κ2) is 4.56. The standard InChI is InChI=1S/C6H9Br3O2/c7-1-3-5(9)6(10)4(2-8)11-3/h3-6,10H,1-2H2/t3-,4?,5-,6-/m1/s1. The van der Waals surface area contributed by atoms with E-state index in [4.69, 9.17) is 4.74 Å². The maximum absolute atomic E-state index is 9.54. The number of hydrogen-bond donors (Lipinski definition) is 1. The van der Waals surface area contributed by atoms with E-state index in [-0.39, 0.29) is 17.0 Å². The molecule has 0 radical (unpaired) electrons. The fourth-order valence-corrected chi connectivity index (χ4v) is 3.30. The third-order valence-electron chi connectivity index (χ3n) is 1.72. The minimum Gasteiger partial charge on any atom is -0.389 e. The molecule has 0 aromatic rings. The minimum absolute atomic E-state index is 0.0458. The van der Waals surface area contributed by atoms with Gasteiger partial charge in [0.15, 0.2) is 0 Å². The van der Waals surface area contributed by atoms with Gasteiger partial charge in [-0.05, 0) is 0 Å². The lowest BCUT2D eigenvalue weighted by molar-refractivity contribution is 0.0344. The molecule has 1 heterocycles. The zero-order valence-corrected chi connectivity index (χ0v) is 10.5. The molecular weight excluding hydrogens is 344 g/mol. The van der Waals surface area contributed by atoms with Crippen LogP contribution >= 0.6 is 47.8 Å². The molecule has 5 heteroatoms. The van der Waals surface area contributed by atoms with Crippen LogP contribution in [0.3, 0.4) is 0 Å². The second-order valence-corrected chi connectivity index (χ2v) is 4.81. The van der Waals surface area contributed by atoms with Crippen molar-refractivity contribution in [3.63, 3.8) is 0 Å². The number of halogens is 3. The van der Waals surface area contributed by atoms with Gasteiger partial charge >= 0.3 is 0 Å². The molecule has 1 aliphatic rings. The van der Waals surface area contributed by atoms with Crippen molar-refractivity contribution in [3.05, 3.63) is 0 Å². The van der Waals surface area contributed by atoms with Crippen LogP contribution in [0.4, 0.5) is 0 Å². The Hall–Kier alpha value is 1.36. The van der Waals surface area contributed by atoms with Crippen LogP contribution in [0.1, 0.15) is 0 Å². The summed E-state index contributed by atoms with van der Waals surface area (Å²) >= 11 is 9.98. The Bertz CT molecular complexity index is 115. The quantitative estimate of drug-likeness (QED) is 0.766. The molecule has 4 atom stereocenters. The highest BCUT2D eigenvalue weighted by molar-refractivity contribution is 9.10. The van der Waals surface area contributed by atoms with E-state index in [1.807, 2.05) is 0 Å². The third kappa shape index (κ3) is 2.18. The number of hydrogen-bond acceptors (Lipinski definition) is 2. The zero-order valence-electron chi connectivity index (χ0n) is 5.71. The first-order valence-corrected chi connectivity index (χ1v) is 6.46. The maximum Gasteiger partial charge on any atom is 0.0960 e. The monoisotopic (exact) mass is 350 g/mol. The van der Waals surface area contributed by atoms with Crippen LogP contribution < -0.4 is 0 Å². The van der Waals surface area contributed by atoms with E-state index in [1.165, 1.54) is 0 Å². The number of ether oxygens (including phenoxy) is 1. The fraction of sp³-hybridized carbons (Fsp3) is 1.00. The van der Waals surface area contributed by atoms with Crippen molar-refractivity contribution in [1.82, 2.24) is 0 Å². The Morgan fingerprint density at radius 3 is 2.00 bits per heavy atom. The average Bonchev–Trinajstić information content (AvgIpc) is 2.30. The summed E-state index contributed by atoms with van der Waals surface area (Å²) in [5.74, 6) is 0. The molecule has 1 saturated heterocycles. The average molecular weight is 353 g/mol. The van der Waals surface area contributed by atoms with Gasteiger partial charge < -0.3 is 9.84 Å². The molecule has 2 nitrogen and oxygen atoms in total. The zero-order chi connectivity index (χ0) is 8.43. The van der Waals surface area contributed by atoms with Crippen molar-refractivity contribution in [1.29, 1.82) is 0 Å². The summed E-state index contributed by atoms with van der Waals surface area (Å²) in [5.41, 5.74) is 0. The molecular formula is C6H9Br3O2. The summed E-state index contributed by atoms with van der Waals surface area (Å²) in [4.78, 5) is 0.0458. The Morgan fingerprint density at radius 1 is 1.18 bits per heavy atom. The normalized spacial score (nSPS) is 44.7. The lowest BCUT2D eigenvalue weighted by Crippen LogP contribution is -2.28. The van der Waals surface area contributed by atoms with E-state index >= 15 is 0 Å². The van der Waals surface area contributed by atoms with E-state index in [9.17, 15) is 5.11 Å². The number of aliphatic hydroxyl groups is 1. The Kier molecular flexibility index (Phi) is 4.32. The van der Waals surface area contributed by atoms with Crippen molar-refractivity contribution in [2.45, 2.75) is 23.1 Å². The first-order chi connectivity index (χ1) is 5.20. The molecule has 1 aliphatic heterocycles. The summed E-state index contributed by atoms with van der Waals surface area (Å²) in [6.45, 7) is 0. The fourth-order valence-electron chi connectivity index (χ4n) is 1.05. The number of rotatable bonds is 2. The van der Waals surface area contributed by atoms with Crippen LogP contribution in [0.15, 0.2) is 0 Å². The Balaban J connectivity index is 2.53. The van der Waals surface area contributed by atoms with Crippen LogP contribution in [0.25, 0.3) is 0 Å². The highest BCUT2D eigenvalue weighted by atomic mass is 79.9. The molecule has 1 N–H and O–H groups in total. The van der Waals surface area contributed by atoms with Gasteiger partial charge in [0.1, 0.15) is 0 Å². The number of alkyl halides is 3. The van der Waals surface area contributed by atoms with E-state index in [1.54, 1.807) is 0 Å². The first kappa shape index (κ1) is 10.4. The minimum atomic E-state index is -0.406. The van der Waals surface area contributed by atoms with Gasteiger partial charge in [-0.25, -0.2) is 0 Å². The van der Waals surface area contributed by atoms with Crippen molar-refractivity contribution < 1.29 is 9.84 Å². The van der Waals surface area contributed by atoms with Crippen molar-refractivity contribution in [3.8, 4) is 0 Å². The molecule has 0 aromatic carbocycles. The molecule has 0 bridgehead atoms. The van der Waals surface area contributed by atoms with Gasteiger partial charge in [-0.2, -0.15) is 0 Å². The predicted octanol–water partition coefficient (Wildman–Crippen LogP) is 1.67. The summed E-state index contributed by atoms with van der Waals surface area (Å²) in [6.07, 6.45) is -0.411. The summed E-state index contributed by atoms with van der Waals surface area (Å²) < 4.78 is 5.49. The highest BCUT2D eigenvalue weighted by Crippen LogP contribution is 2.29. The summed E-state index contributed by atoms with van der Waals surface area (Å²) in [7, 11) is 0. The van der Waals surface area contributed by atoms with Crippen LogP contribution in [-0.2, 0) is 4.74 Å². The van der Waals surface area contributed by atoms with Crippen molar-refractivity contribution in [2.24, 2.45) is 0 Å². The highest BCUT2D eigenvalue weighted by Gasteiger charge is 2.40. The van der Waals surface area contributed by atoms with Crippen LogP contribution in [0, 0.1) is 0 Å². The largest absolute Gasteiger partial charge is 0.389 e. The maximum atomic E-state index is 9.54. The molecule has 1 unspecified atom stereocenters. The van der Waals surface area contributed by atoms with Crippen LogP contribution in [0.5, 0.6) is 0 Å². The lowest BCUT2D eigenvalue weighted by Gasteiger charge is -2.10. The Labute approximate surface area is 91.1 Å². The molecule has 0 aromatic heterocycles. The van der Waals surface area contributed by atoms with Crippen LogP contribution in [-0.4, -0.2) is 38.9 Å². The van der Waals surface area contributed by atoms with Crippen molar-refractivity contribution in [2.75, 3.05) is 10.7 Å². The molecule has 1 rings (SSSR count). The molecule has 0 spiro atoms. The number of aliphatic hydroxyl groups excluding tert-OH is 1. The van der Waals surface area contributed by atoms with E-state index in [0.29, 0.717) is 5.33 Å². The molecule has 1 fully saturated rings. The third-order valence-corrected chi connectivity index (χ3v) is 4.12. The van der Waals surface area contributed by atoms with Gasteiger partial charge in [0.05, 0.1) is 23.1 Å². The van der Waals surface area contributed by atoms with Gasteiger partial charge in [-0.1, -0.05) is 47.8 Å². The summed E-state index contributed by atoms with van der Waals surface area (Å²) in [5, 5.41) is 11.0. The summed E-state index contributed by atoms with van der Waals surface area (Å²) in [6, 6.07) is 0. The van der Waals surface area contributed by atoms with Gasteiger partial charge in [0.25, 0.3) is 0 Å². The lowest BCUT2D eigenvalue weighted by atomic mass is 10.2. The topological polar surface area (TPSA) is 29.5 Å². The van der Waals surface area contributed by atoms with Crippen molar-refractivity contribution >= 4 is 47.8 Å². The van der Waals surface area contributed by atoms with Gasteiger partial charge in [-0.3, -0.25) is 0 Å². The SMILES string of the molecule is O[C@@H]1C(CBr)O[C@H](CBr)[C@H]1Br. The smallest absolute Gasteiger partial charge is 0.0960 e. The van der Waals surface area contributed by atoms with E-state index in [0.717, 1.165) is 5.33 Å². The molecule has 0 saturated carbocycles. The van der Waals surface area contributed by atoms with Gasteiger partial charge in [-0.15, -0.1) is 0 Å². The van der Waals surface area contributed by atoms with Gasteiger partial charge in [0.2, 0.25) is 0 Å². The molecule has 0 amide bonds. The molecule has 11 heavy (non-hydrogen) atoms. The first-order valence-electron chi connectivity index (χ1n) is 3.30. The second-order valence-electron chi connectivity index (χ2n) is 2.46. The molecule has 66 valence electrons. The van der Waals surface area contributed by atoms with Gasteiger partial charge in [0, 0.05) is 10.7 Å². The predicted molar refractivity (Wildman–Crippen MR) is 55.0 cm³/mol.